The summed E-state index contributed by atoms with van der Waals surface area (Å²) in [7, 11) is 0. The van der Waals surface area contributed by atoms with Gasteiger partial charge in [0.1, 0.15) is 17.1 Å². The molecule has 3 heterocycles. The van der Waals surface area contributed by atoms with E-state index in [2.05, 4.69) is 31.7 Å². The minimum atomic E-state index is -4.50. The average molecular weight is 469 g/mol. The highest BCUT2D eigenvalue weighted by molar-refractivity contribution is 9.10. The van der Waals surface area contributed by atoms with Crippen LogP contribution in [0.3, 0.4) is 0 Å². The SMILES string of the molecule is O=C(NCc1ccco1)c1cnn2c1N[C@H](c1ccc(Br)cc1)C[C@@H]2C(F)(F)F. The zero-order valence-electron chi connectivity index (χ0n) is 14.9. The molecule has 0 unspecified atom stereocenters. The fourth-order valence-electron chi connectivity index (χ4n) is 3.32. The number of hydrogen-bond acceptors (Lipinski definition) is 4. The average Bonchev–Trinajstić information content (AvgIpc) is 3.35. The molecular weight excluding hydrogens is 453 g/mol. The number of carbonyl (C=O) groups is 1. The first-order valence-corrected chi connectivity index (χ1v) is 9.59. The molecule has 0 saturated carbocycles. The molecule has 3 aromatic rings. The number of halogens is 4. The number of nitrogens with one attached hydrogen (secondary N) is 2. The van der Waals surface area contributed by atoms with Crippen molar-refractivity contribution < 1.29 is 22.4 Å². The summed E-state index contributed by atoms with van der Waals surface area (Å²) in [4.78, 5) is 12.6. The Balaban J connectivity index is 1.64. The third-order valence-corrected chi connectivity index (χ3v) is 5.29. The number of fused-ring (bicyclic) bond motifs is 1. The van der Waals surface area contributed by atoms with Crippen molar-refractivity contribution in [3.05, 3.63) is 70.2 Å². The van der Waals surface area contributed by atoms with Gasteiger partial charge in [-0.1, -0.05) is 28.1 Å². The first-order chi connectivity index (χ1) is 13.8. The monoisotopic (exact) mass is 468 g/mol. The largest absolute Gasteiger partial charge is 0.467 e. The second-order valence-corrected chi connectivity index (χ2v) is 7.57. The van der Waals surface area contributed by atoms with Crippen LogP contribution in [0, 0.1) is 0 Å². The molecule has 1 aliphatic rings. The number of rotatable bonds is 4. The van der Waals surface area contributed by atoms with Crippen LogP contribution < -0.4 is 10.6 Å². The van der Waals surface area contributed by atoms with Crippen molar-refractivity contribution in [3.8, 4) is 0 Å². The van der Waals surface area contributed by atoms with E-state index >= 15 is 0 Å². The van der Waals surface area contributed by atoms with Gasteiger partial charge in [0.05, 0.1) is 25.0 Å². The third kappa shape index (κ3) is 4.02. The molecule has 1 aromatic carbocycles. The van der Waals surface area contributed by atoms with E-state index in [4.69, 9.17) is 4.42 Å². The van der Waals surface area contributed by atoms with Gasteiger partial charge >= 0.3 is 6.18 Å². The van der Waals surface area contributed by atoms with Gasteiger partial charge in [-0.05, 0) is 29.8 Å². The molecule has 152 valence electrons. The van der Waals surface area contributed by atoms with Crippen molar-refractivity contribution in [3.63, 3.8) is 0 Å². The van der Waals surface area contributed by atoms with E-state index in [9.17, 15) is 18.0 Å². The van der Waals surface area contributed by atoms with Gasteiger partial charge in [-0.3, -0.25) is 4.79 Å². The highest BCUT2D eigenvalue weighted by Crippen LogP contribution is 2.44. The lowest BCUT2D eigenvalue weighted by Gasteiger charge is -2.34. The fourth-order valence-corrected chi connectivity index (χ4v) is 3.58. The molecular formula is C19H16BrF3N4O2. The predicted octanol–water partition coefficient (Wildman–Crippen LogP) is 4.83. The Hall–Kier alpha value is -2.75. The van der Waals surface area contributed by atoms with E-state index in [0.29, 0.717) is 11.3 Å². The van der Waals surface area contributed by atoms with Gasteiger partial charge in [-0.25, -0.2) is 4.68 Å². The van der Waals surface area contributed by atoms with Gasteiger partial charge in [-0.2, -0.15) is 18.3 Å². The zero-order valence-corrected chi connectivity index (χ0v) is 16.5. The molecule has 1 amide bonds. The summed E-state index contributed by atoms with van der Waals surface area (Å²) in [6.07, 6.45) is -2.10. The Morgan fingerprint density at radius 2 is 2.07 bits per heavy atom. The number of alkyl halides is 3. The molecule has 29 heavy (non-hydrogen) atoms. The maximum atomic E-state index is 13.7. The number of nitrogens with zero attached hydrogens (tertiary/aromatic N) is 2. The number of carbonyl (C=O) groups excluding carboxylic acids is 1. The van der Waals surface area contributed by atoms with Crippen LogP contribution in [-0.2, 0) is 6.54 Å². The van der Waals surface area contributed by atoms with E-state index in [1.165, 1.54) is 6.26 Å². The number of amides is 1. The van der Waals surface area contributed by atoms with E-state index in [1.54, 1.807) is 36.4 Å². The third-order valence-electron chi connectivity index (χ3n) is 4.76. The highest BCUT2D eigenvalue weighted by atomic mass is 79.9. The van der Waals surface area contributed by atoms with Crippen molar-refractivity contribution in [2.75, 3.05) is 5.32 Å². The molecule has 0 radical (unpaired) electrons. The molecule has 1 aliphatic heterocycles. The van der Waals surface area contributed by atoms with Gasteiger partial charge in [0.15, 0.2) is 6.04 Å². The van der Waals surface area contributed by atoms with Crippen molar-refractivity contribution in [2.24, 2.45) is 0 Å². The quantitative estimate of drug-likeness (QED) is 0.575. The minimum Gasteiger partial charge on any atom is -0.467 e. The van der Waals surface area contributed by atoms with Crippen LogP contribution in [0.15, 0.2) is 57.7 Å². The van der Waals surface area contributed by atoms with Crippen molar-refractivity contribution in [1.29, 1.82) is 0 Å². The molecule has 2 N–H and O–H groups in total. The fraction of sp³-hybridized carbons (Fsp3) is 0.263. The summed E-state index contributed by atoms with van der Waals surface area (Å²) in [6, 6.07) is 7.95. The zero-order chi connectivity index (χ0) is 20.6. The number of aromatic nitrogens is 2. The van der Waals surface area contributed by atoms with Crippen LogP contribution >= 0.6 is 15.9 Å². The lowest BCUT2D eigenvalue weighted by atomic mass is 9.96. The van der Waals surface area contributed by atoms with Crippen molar-refractivity contribution in [2.45, 2.75) is 31.2 Å². The maximum Gasteiger partial charge on any atom is 0.410 e. The maximum absolute atomic E-state index is 13.7. The molecule has 2 atom stereocenters. The van der Waals surface area contributed by atoms with Crippen LogP contribution in [0.25, 0.3) is 0 Å². The Morgan fingerprint density at radius 3 is 2.72 bits per heavy atom. The molecule has 6 nitrogen and oxygen atoms in total. The van der Waals surface area contributed by atoms with E-state index in [-0.39, 0.29) is 24.3 Å². The van der Waals surface area contributed by atoms with E-state index < -0.39 is 24.2 Å². The number of hydrogen-bond donors (Lipinski definition) is 2. The normalized spacial score (nSPS) is 18.8. The van der Waals surface area contributed by atoms with Crippen LogP contribution in [0.4, 0.5) is 19.0 Å². The predicted molar refractivity (Wildman–Crippen MR) is 102 cm³/mol. The number of furan rings is 1. The first-order valence-electron chi connectivity index (χ1n) is 8.79. The van der Waals surface area contributed by atoms with Gasteiger partial charge in [-0.15, -0.1) is 0 Å². The summed E-state index contributed by atoms with van der Waals surface area (Å²) in [5.41, 5.74) is 0.740. The first kappa shape index (κ1) is 19.6. The summed E-state index contributed by atoms with van der Waals surface area (Å²) in [5.74, 6) is 0.0456. The topological polar surface area (TPSA) is 72.1 Å². The standard InChI is InChI=1S/C19H16BrF3N4O2/c20-12-5-3-11(4-6-12)15-8-16(19(21,22)23)27-17(26-15)14(10-25-27)18(28)24-9-13-2-1-7-29-13/h1-7,10,15-16,26H,8-9H2,(H,24,28)/t15-,16+/m0/s1. The summed E-state index contributed by atoms with van der Waals surface area (Å²) >= 11 is 3.32. The van der Waals surface area contributed by atoms with Crippen molar-refractivity contribution in [1.82, 2.24) is 15.1 Å². The second-order valence-electron chi connectivity index (χ2n) is 6.66. The Kier molecular flexibility index (Phi) is 5.12. The minimum absolute atomic E-state index is 0.0449. The van der Waals surface area contributed by atoms with Gasteiger partial charge in [0.2, 0.25) is 0 Å². The second kappa shape index (κ2) is 7.58. The molecule has 4 rings (SSSR count). The van der Waals surface area contributed by atoms with Gasteiger partial charge in [0, 0.05) is 10.9 Å². The van der Waals surface area contributed by atoms with Crippen LogP contribution in [0.2, 0.25) is 0 Å². The molecule has 10 heteroatoms. The molecule has 0 aliphatic carbocycles. The molecule has 0 saturated heterocycles. The summed E-state index contributed by atoms with van der Waals surface area (Å²) < 4.78 is 48.0. The smallest absolute Gasteiger partial charge is 0.410 e. The lowest BCUT2D eigenvalue weighted by Crippen LogP contribution is -2.36. The number of benzene rings is 1. The summed E-state index contributed by atoms with van der Waals surface area (Å²) in [5, 5.41) is 9.55. The van der Waals surface area contributed by atoms with E-state index in [1.807, 2.05) is 0 Å². The van der Waals surface area contributed by atoms with Crippen LogP contribution in [0.1, 0.15) is 40.2 Å². The highest BCUT2D eigenvalue weighted by Gasteiger charge is 2.47. The Morgan fingerprint density at radius 1 is 1.31 bits per heavy atom. The number of anilines is 1. The van der Waals surface area contributed by atoms with Crippen LogP contribution in [0.5, 0.6) is 0 Å². The molecule has 0 bridgehead atoms. The molecule has 0 spiro atoms. The van der Waals surface area contributed by atoms with Crippen LogP contribution in [-0.4, -0.2) is 21.9 Å². The lowest BCUT2D eigenvalue weighted by molar-refractivity contribution is -0.173. The Bertz CT molecular complexity index is 1000. The molecule has 0 fully saturated rings. The van der Waals surface area contributed by atoms with Crippen molar-refractivity contribution >= 4 is 27.7 Å². The van der Waals surface area contributed by atoms with Gasteiger partial charge in [0.25, 0.3) is 5.91 Å². The molecule has 2 aromatic heterocycles. The summed E-state index contributed by atoms with van der Waals surface area (Å²) in [6.45, 7) is 0.120. The Labute approximate surface area is 172 Å². The van der Waals surface area contributed by atoms with E-state index in [0.717, 1.165) is 15.4 Å². The van der Waals surface area contributed by atoms with Gasteiger partial charge < -0.3 is 15.1 Å².